The van der Waals surface area contributed by atoms with Crippen LogP contribution >= 0.6 is 0 Å². The van der Waals surface area contributed by atoms with Crippen LogP contribution in [0.4, 0.5) is 0 Å². The molecule has 1 heterocycles. The lowest BCUT2D eigenvalue weighted by Gasteiger charge is -2.30. The summed E-state index contributed by atoms with van der Waals surface area (Å²) in [5.74, 6) is 1.20. The fourth-order valence-electron chi connectivity index (χ4n) is 1.87. The van der Waals surface area contributed by atoms with Gasteiger partial charge >= 0.3 is 0 Å². The molecule has 0 spiro atoms. The van der Waals surface area contributed by atoms with Crippen LogP contribution in [0, 0.1) is 11.8 Å². The third-order valence-electron chi connectivity index (χ3n) is 3.03. The average Bonchev–Trinajstić information content (AvgIpc) is 2.51. The van der Waals surface area contributed by atoms with Crippen molar-refractivity contribution < 1.29 is 0 Å². The van der Waals surface area contributed by atoms with Gasteiger partial charge in [0, 0.05) is 13.2 Å². The molecule has 0 saturated carbocycles. The first kappa shape index (κ1) is 12.2. The van der Waals surface area contributed by atoms with E-state index in [4.69, 9.17) is 0 Å². The Morgan fingerprint density at radius 1 is 1.27 bits per heavy atom. The van der Waals surface area contributed by atoms with Crippen LogP contribution in [0.5, 0.6) is 0 Å². The molecule has 2 unspecified atom stereocenters. The maximum Gasteiger partial charge on any atom is 0.100 e. The minimum absolute atomic E-state index is 0.346. The Labute approximate surface area is 92.3 Å². The summed E-state index contributed by atoms with van der Waals surface area (Å²) < 4.78 is 1.76. The molecule has 0 aliphatic heterocycles. The number of aryl methyl sites for hydroxylation is 1. The first-order chi connectivity index (χ1) is 6.93. The highest BCUT2D eigenvalue weighted by molar-refractivity contribution is 5.02. The van der Waals surface area contributed by atoms with E-state index in [0.29, 0.717) is 17.9 Å². The van der Waals surface area contributed by atoms with Gasteiger partial charge in [0.2, 0.25) is 0 Å². The van der Waals surface area contributed by atoms with Crippen molar-refractivity contribution in [2.45, 2.75) is 26.8 Å². The second-order valence-electron chi connectivity index (χ2n) is 4.83. The van der Waals surface area contributed by atoms with Crippen LogP contribution in [0.15, 0.2) is 6.20 Å². The summed E-state index contributed by atoms with van der Waals surface area (Å²) in [4.78, 5) is 2.22. The first-order valence-electron chi connectivity index (χ1n) is 5.46. The summed E-state index contributed by atoms with van der Waals surface area (Å²) in [5.41, 5.74) is 1.06. The van der Waals surface area contributed by atoms with Gasteiger partial charge in [-0.15, -0.1) is 5.10 Å². The Balaban J connectivity index is 2.93. The Morgan fingerprint density at radius 2 is 1.87 bits per heavy atom. The van der Waals surface area contributed by atoms with Gasteiger partial charge < -0.3 is 4.90 Å². The van der Waals surface area contributed by atoms with Crippen molar-refractivity contribution in [3.63, 3.8) is 0 Å². The van der Waals surface area contributed by atoms with Gasteiger partial charge in [-0.1, -0.05) is 26.0 Å². The fraction of sp³-hybridized carbons (Fsp3) is 0.818. The van der Waals surface area contributed by atoms with Crippen molar-refractivity contribution in [3.05, 3.63) is 11.9 Å². The molecule has 4 nitrogen and oxygen atoms in total. The summed E-state index contributed by atoms with van der Waals surface area (Å²) in [7, 11) is 6.10. The lowest BCUT2D eigenvalue weighted by molar-refractivity contribution is 0.180. The van der Waals surface area contributed by atoms with Gasteiger partial charge in [0.05, 0.1) is 6.04 Å². The van der Waals surface area contributed by atoms with Gasteiger partial charge in [-0.2, -0.15) is 0 Å². The van der Waals surface area contributed by atoms with Gasteiger partial charge in [-0.3, -0.25) is 4.68 Å². The molecule has 0 radical (unpaired) electrons. The SMILES string of the molecule is CC(C)C(C)C(c1cn(C)nn1)N(C)C. The van der Waals surface area contributed by atoms with Crippen molar-refractivity contribution in [1.82, 2.24) is 19.9 Å². The third-order valence-corrected chi connectivity index (χ3v) is 3.03. The molecule has 0 bridgehead atoms. The van der Waals surface area contributed by atoms with Crippen LogP contribution in [0.2, 0.25) is 0 Å². The smallest absolute Gasteiger partial charge is 0.100 e. The highest BCUT2D eigenvalue weighted by Crippen LogP contribution is 2.29. The lowest BCUT2D eigenvalue weighted by Crippen LogP contribution is -2.29. The molecule has 0 N–H and O–H groups in total. The maximum absolute atomic E-state index is 4.21. The minimum atomic E-state index is 0.346. The quantitative estimate of drug-likeness (QED) is 0.758. The molecule has 1 rings (SSSR count). The molecule has 86 valence electrons. The molecule has 0 aliphatic carbocycles. The van der Waals surface area contributed by atoms with E-state index in [2.05, 4.69) is 50.1 Å². The standard InChI is InChI=1S/C11H22N4/c1-8(2)9(3)11(14(4)5)10-7-15(6)13-12-10/h7-9,11H,1-6H3. The second kappa shape index (κ2) is 4.75. The lowest BCUT2D eigenvalue weighted by atomic mass is 9.88. The molecule has 1 aromatic rings. The van der Waals surface area contributed by atoms with E-state index in [0.717, 1.165) is 5.69 Å². The predicted molar refractivity (Wildman–Crippen MR) is 61.4 cm³/mol. The van der Waals surface area contributed by atoms with E-state index < -0.39 is 0 Å². The Bertz CT molecular complexity index is 303. The van der Waals surface area contributed by atoms with Crippen LogP contribution < -0.4 is 0 Å². The Morgan fingerprint density at radius 3 is 2.20 bits per heavy atom. The van der Waals surface area contributed by atoms with Crippen LogP contribution in [-0.4, -0.2) is 34.0 Å². The average molecular weight is 210 g/mol. The molecule has 4 heteroatoms. The van der Waals surface area contributed by atoms with Crippen LogP contribution in [0.3, 0.4) is 0 Å². The molecule has 15 heavy (non-hydrogen) atoms. The largest absolute Gasteiger partial charge is 0.301 e. The van der Waals surface area contributed by atoms with Gasteiger partial charge in [0.1, 0.15) is 5.69 Å². The minimum Gasteiger partial charge on any atom is -0.301 e. The van der Waals surface area contributed by atoms with E-state index in [-0.39, 0.29) is 0 Å². The third kappa shape index (κ3) is 2.78. The summed E-state index contributed by atoms with van der Waals surface area (Å²) in [5, 5.41) is 8.21. The molecule has 0 aliphatic rings. The highest BCUT2D eigenvalue weighted by Gasteiger charge is 2.26. The van der Waals surface area contributed by atoms with Crippen LogP contribution in [0.1, 0.15) is 32.5 Å². The van der Waals surface area contributed by atoms with E-state index in [9.17, 15) is 0 Å². The fourth-order valence-corrected chi connectivity index (χ4v) is 1.87. The van der Waals surface area contributed by atoms with Gasteiger partial charge in [-0.25, -0.2) is 0 Å². The monoisotopic (exact) mass is 210 g/mol. The number of rotatable bonds is 4. The topological polar surface area (TPSA) is 34.0 Å². The molecule has 0 saturated heterocycles. The summed E-state index contributed by atoms with van der Waals surface area (Å²) in [6, 6.07) is 0.346. The summed E-state index contributed by atoms with van der Waals surface area (Å²) >= 11 is 0. The van der Waals surface area contributed by atoms with E-state index in [1.807, 2.05) is 13.2 Å². The predicted octanol–water partition coefficient (Wildman–Crippen LogP) is 1.71. The Kier molecular flexibility index (Phi) is 3.85. The van der Waals surface area contributed by atoms with Crippen molar-refractivity contribution in [2.75, 3.05) is 14.1 Å². The van der Waals surface area contributed by atoms with Crippen molar-refractivity contribution in [2.24, 2.45) is 18.9 Å². The zero-order chi connectivity index (χ0) is 11.6. The van der Waals surface area contributed by atoms with Gasteiger partial charge in [0.15, 0.2) is 0 Å². The first-order valence-corrected chi connectivity index (χ1v) is 5.46. The van der Waals surface area contributed by atoms with E-state index in [1.54, 1.807) is 4.68 Å². The van der Waals surface area contributed by atoms with Crippen molar-refractivity contribution in [1.29, 1.82) is 0 Å². The van der Waals surface area contributed by atoms with E-state index in [1.165, 1.54) is 0 Å². The van der Waals surface area contributed by atoms with Crippen LogP contribution in [0.25, 0.3) is 0 Å². The molecule has 0 fully saturated rings. The molecule has 0 aromatic carbocycles. The number of hydrogen-bond donors (Lipinski definition) is 0. The van der Waals surface area contributed by atoms with Crippen molar-refractivity contribution >= 4 is 0 Å². The molecular formula is C11H22N4. The van der Waals surface area contributed by atoms with Gasteiger partial charge in [-0.05, 0) is 25.9 Å². The second-order valence-corrected chi connectivity index (χ2v) is 4.83. The number of aromatic nitrogens is 3. The zero-order valence-corrected chi connectivity index (χ0v) is 10.6. The highest BCUT2D eigenvalue weighted by atomic mass is 15.4. The van der Waals surface area contributed by atoms with E-state index >= 15 is 0 Å². The number of nitrogens with zero attached hydrogens (tertiary/aromatic N) is 4. The van der Waals surface area contributed by atoms with Crippen molar-refractivity contribution in [3.8, 4) is 0 Å². The zero-order valence-electron chi connectivity index (χ0n) is 10.6. The summed E-state index contributed by atoms with van der Waals surface area (Å²) in [6.45, 7) is 6.76. The van der Waals surface area contributed by atoms with Gasteiger partial charge in [0.25, 0.3) is 0 Å². The normalized spacial score (nSPS) is 16.0. The maximum atomic E-state index is 4.21. The molecule has 1 aromatic heterocycles. The Hall–Kier alpha value is -0.900. The molecule has 0 amide bonds. The number of hydrogen-bond acceptors (Lipinski definition) is 3. The summed E-state index contributed by atoms with van der Waals surface area (Å²) in [6.07, 6.45) is 2.00. The van der Waals surface area contributed by atoms with Crippen LogP contribution in [-0.2, 0) is 7.05 Å². The molecule has 2 atom stereocenters. The molecular weight excluding hydrogens is 188 g/mol.